The molecule has 1 atom stereocenters. The molecule has 1 amide bonds. The number of ether oxygens (including phenoxy) is 3. The van der Waals surface area contributed by atoms with Crippen LogP contribution < -0.4 is 20.5 Å². The van der Waals surface area contributed by atoms with Gasteiger partial charge in [-0.25, -0.2) is 4.79 Å². The van der Waals surface area contributed by atoms with Crippen LogP contribution in [-0.4, -0.2) is 37.6 Å². The van der Waals surface area contributed by atoms with Crippen molar-refractivity contribution in [3.8, 4) is 17.2 Å². The summed E-state index contributed by atoms with van der Waals surface area (Å²) in [5.74, 6) is 0.361. The maximum absolute atomic E-state index is 11.9. The zero-order valence-electron chi connectivity index (χ0n) is 13.6. The third-order valence-corrected chi connectivity index (χ3v) is 2.83. The third-order valence-electron chi connectivity index (χ3n) is 2.83. The number of benzene rings is 1. The zero-order valence-corrected chi connectivity index (χ0v) is 13.6. The number of alkyl carbamates (subject to hydrolysis) is 1. The van der Waals surface area contributed by atoms with Gasteiger partial charge in [-0.05, 0) is 38.5 Å². The van der Waals surface area contributed by atoms with E-state index in [9.17, 15) is 9.90 Å². The second-order valence-corrected chi connectivity index (χ2v) is 5.71. The number of hydrogen-bond donors (Lipinski definition) is 3. The van der Waals surface area contributed by atoms with Crippen LogP contribution in [0.1, 0.15) is 32.4 Å². The molecule has 0 heterocycles. The molecule has 7 heteroatoms. The van der Waals surface area contributed by atoms with Crippen molar-refractivity contribution in [3.05, 3.63) is 17.7 Å². The first-order valence-corrected chi connectivity index (χ1v) is 6.86. The Labute approximate surface area is 130 Å². The van der Waals surface area contributed by atoms with Crippen LogP contribution in [0.15, 0.2) is 12.1 Å². The summed E-state index contributed by atoms with van der Waals surface area (Å²) in [6.45, 7) is 5.47. The van der Waals surface area contributed by atoms with Crippen molar-refractivity contribution < 1.29 is 24.1 Å². The van der Waals surface area contributed by atoms with Gasteiger partial charge in [-0.2, -0.15) is 0 Å². The molecule has 0 aliphatic heterocycles. The highest BCUT2D eigenvalue weighted by Crippen LogP contribution is 2.38. The summed E-state index contributed by atoms with van der Waals surface area (Å²) in [7, 11) is 2.86. The average molecular weight is 312 g/mol. The first-order valence-electron chi connectivity index (χ1n) is 6.86. The van der Waals surface area contributed by atoms with Gasteiger partial charge in [0.25, 0.3) is 0 Å². The minimum Gasteiger partial charge on any atom is -0.502 e. The Bertz CT molecular complexity index is 500. The predicted octanol–water partition coefficient (Wildman–Crippen LogP) is 1.93. The minimum absolute atomic E-state index is 0.109. The van der Waals surface area contributed by atoms with E-state index in [1.165, 1.54) is 14.2 Å². The van der Waals surface area contributed by atoms with Crippen molar-refractivity contribution >= 4 is 6.09 Å². The molecule has 1 aromatic rings. The van der Waals surface area contributed by atoms with Crippen LogP contribution >= 0.6 is 0 Å². The topological polar surface area (TPSA) is 103 Å². The molecular formula is C15H24N2O5. The lowest BCUT2D eigenvalue weighted by atomic mass is 10.1. The van der Waals surface area contributed by atoms with E-state index in [1.54, 1.807) is 32.9 Å². The molecule has 0 aliphatic rings. The Morgan fingerprint density at radius 1 is 1.27 bits per heavy atom. The number of nitrogens with two attached hydrogens (primary N) is 1. The van der Waals surface area contributed by atoms with Crippen LogP contribution in [0.4, 0.5) is 4.79 Å². The maximum atomic E-state index is 11.9. The van der Waals surface area contributed by atoms with Crippen molar-refractivity contribution in [1.82, 2.24) is 5.32 Å². The monoisotopic (exact) mass is 312 g/mol. The number of hydrogen-bond acceptors (Lipinski definition) is 6. The normalized spacial score (nSPS) is 12.5. The van der Waals surface area contributed by atoms with Crippen LogP contribution in [0.2, 0.25) is 0 Å². The van der Waals surface area contributed by atoms with E-state index in [4.69, 9.17) is 19.9 Å². The highest BCUT2D eigenvalue weighted by atomic mass is 16.6. The zero-order chi connectivity index (χ0) is 16.9. The molecule has 0 aliphatic carbocycles. The summed E-state index contributed by atoms with van der Waals surface area (Å²) >= 11 is 0. The molecular weight excluding hydrogens is 288 g/mol. The summed E-state index contributed by atoms with van der Waals surface area (Å²) in [5.41, 5.74) is 5.76. The van der Waals surface area contributed by atoms with Crippen LogP contribution in [0.25, 0.3) is 0 Å². The lowest BCUT2D eigenvalue weighted by Gasteiger charge is -2.24. The van der Waals surface area contributed by atoms with Crippen molar-refractivity contribution in [2.24, 2.45) is 5.73 Å². The lowest BCUT2D eigenvalue weighted by Crippen LogP contribution is -2.37. The van der Waals surface area contributed by atoms with E-state index in [0.717, 1.165) is 0 Å². The van der Waals surface area contributed by atoms with Gasteiger partial charge in [0.2, 0.25) is 5.75 Å². The third kappa shape index (κ3) is 4.70. The number of phenolic OH excluding ortho intramolecular Hbond substituents is 1. The van der Waals surface area contributed by atoms with Crippen LogP contribution in [0.5, 0.6) is 17.2 Å². The highest BCUT2D eigenvalue weighted by molar-refractivity contribution is 5.68. The quantitative estimate of drug-likeness (QED) is 0.767. The first-order chi connectivity index (χ1) is 10.2. The molecule has 1 unspecified atom stereocenters. The first kappa shape index (κ1) is 17.9. The summed E-state index contributed by atoms with van der Waals surface area (Å²) < 4.78 is 15.4. The van der Waals surface area contributed by atoms with E-state index < -0.39 is 17.7 Å². The SMILES string of the molecule is COc1cc(C(CN)NC(=O)OC(C)(C)C)cc(OC)c1O. The van der Waals surface area contributed by atoms with Gasteiger partial charge < -0.3 is 30.4 Å². The van der Waals surface area contributed by atoms with E-state index in [1.807, 2.05) is 0 Å². The summed E-state index contributed by atoms with van der Waals surface area (Å²) in [4.78, 5) is 11.9. The van der Waals surface area contributed by atoms with Gasteiger partial charge in [0.15, 0.2) is 11.5 Å². The molecule has 0 spiro atoms. The molecule has 0 radical (unpaired) electrons. The number of methoxy groups -OCH3 is 2. The fourth-order valence-corrected chi connectivity index (χ4v) is 1.84. The van der Waals surface area contributed by atoms with Gasteiger partial charge in [-0.3, -0.25) is 0 Å². The van der Waals surface area contributed by atoms with Gasteiger partial charge in [-0.1, -0.05) is 0 Å². The summed E-state index contributed by atoms with van der Waals surface area (Å²) in [6.07, 6.45) is -0.575. The van der Waals surface area contributed by atoms with Crippen LogP contribution in [0, 0.1) is 0 Å². The lowest BCUT2D eigenvalue weighted by molar-refractivity contribution is 0.0505. The number of aromatic hydroxyl groups is 1. The predicted molar refractivity (Wildman–Crippen MR) is 82.4 cm³/mol. The molecule has 0 saturated carbocycles. The molecule has 22 heavy (non-hydrogen) atoms. The van der Waals surface area contributed by atoms with Crippen LogP contribution in [0.3, 0.4) is 0 Å². The Balaban J connectivity index is 3.02. The van der Waals surface area contributed by atoms with Gasteiger partial charge in [-0.15, -0.1) is 0 Å². The van der Waals surface area contributed by atoms with Gasteiger partial charge in [0, 0.05) is 6.54 Å². The number of amides is 1. The van der Waals surface area contributed by atoms with E-state index in [0.29, 0.717) is 5.56 Å². The number of nitrogens with one attached hydrogen (secondary N) is 1. The Kier molecular flexibility index (Phi) is 5.87. The van der Waals surface area contributed by atoms with Gasteiger partial charge >= 0.3 is 6.09 Å². The van der Waals surface area contributed by atoms with Gasteiger partial charge in [0.1, 0.15) is 5.60 Å². The molecule has 1 aromatic carbocycles. The summed E-state index contributed by atoms with van der Waals surface area (Å²) in [5, 5.41) is 12.6. The molecule has 0 bridgehead atoms. The van der Waals surface area contributed by atoms with Crippen molar-refractivity contribution in [2.75, 3.05) is 20.8 Å². The molecule has 1 rings (SSSR count). The number of phenols is 1. The molecule has 7 nitrogen and oxygen atoms in total. The van der Waals surface area contributed by atoms with E-state index in [2.05, 4.69) is 5.32 Å². The second-order valence-electron chi connectivity index (χ2n) is 5.71. The molecule has 124 valence electrons. The van der Waals surface area contributed by atoms with Gasteiger partial charge in [0.05, 0.1) is 20.3 Å². The van der Waals surface area contributed by atoms with Crippen molar-refractivity contribution in [3.63, 3.8) is 0 Å². The molecule has 0 saturated heterocycles. The number of carbonyl (C=O) groups excluding carboxylic acids is 1. The Morgan fingerprint density at radius 3 is 2.14 bits per heavy atom. The number of rotatable bonds is 5. The smallest absolute Gasteiger partial charge is 0.408 e. The number of carbonyl (C=O) groups is 1. The standard InChI is InChI=1S/C15H24N2O5/c1-15(2,3)22-14(19)17-10(8-16)9-6-11(20-4)13(18)12(7-9)21-5/h6-7,10,18H,8,16H2,1-5H3,(H,17,19). The minimum atomic E-state index is -0.604. The second kappa shape index (κ2) is 7.22. The van der Waals surface area contributed by atoms with E-state index >= 15 is 0 Å². The largest absolute Gasteiger partial charge is 0.502 e. The molecule has 0 fully saturated rings. The van der Waals surface area contributed by atoms with Crippen molar-refractivity contribution in [1.29, 1.82) is 0 Å². The molecule has 0 aromatic heterocycles. The Hall–Kier alpha value is -2.15. The van der Waals surface area contributed by atoms with Crippen molar-refractivity contribution in [2.45, 2.75) is 32.4 Å². The Morgan fingerprint density at radius 2 is 1.77 bits per heavy atom. The highest BCUT2D eigenvalue weighted by Gasteiger charge is 2.22. The van der Waals surface area contributed by atoms with E-state index in [-0.39, 0.29) is 23.8 Å². The fraction of sp³-hybridized carbons (Fsp3) is 0.533. The fourth-order valence-electron chi connectivity index (χ4n) is 1.84. The maximum Gasteiger partial charge on any atom is 0.408 e. The van der Waals surface area contributed by atoms with Crippen LogP contribution in [-0.2, 0) is 4.74 Å². The average Bonchev–Trinajstić information content (AvgIpc) is 2.43. The molecule has 4 N–H and O–H groups in total. The summed E-state index contributed by atoms with van der Waals surface area (Å²) in [6, 6.07) is 2.68.